The van der Waals surface area contributed by atoms with E-state index in [-0.39, 0.29) is 12.4 Å². The maximum Gasteiger partial charge on any atom is 0.274 e. The van der Waals surface area contributed by atoms with Crippen molar-refractivity contribution in [1.29, 1.82) is 0 Å². The molecule has 5 nitrogen and oxygen atoms in total. The summed E-state index contributed by atoms with van der Waals surface area (Å²) >= 11 is 7.66. The third-order valence-corrected chi connectivity index (χ3v) is 5.55. The second-order valence-electron chi connectivity index (χ2n) is 5.82. The smallest absolute Gasteiger partial charge is 0.274 e. The summed E-state index contributed by atoms with van der Waals surface area (Å²) in [7, 11) is 0. The van der Waals surface area contributed by atoms with Crippen LogP contribution < -0.4 is 19.6 Å². The van der Waals surface area contributed by atoms with E-state index in [1.165, 1.54) is 11.3 Å². The Morgan fingerprint density at radius 3 is 2.92 bits per heavy atom. The maximum absolute atomic E-state index is 12.9. The minimum Gasteiger partial charge on any atom is -0.454 e. The lowest BCUT2D eigenvalue weighted by Gasteiger charge is -2.00. The number of aryl methyl sites for hydroxylation is 1. The maximum atomic E-state index is 12.9. The number of hydrogen-bond acceptors (Lipinski definition) is 5. The summed E-state index contributed by atoms with van der Waals surface area (Å²) in [5.74, 6) is 1.25. The van der Waals surface area contributed by atoms with Gasteiger partial charge in [-0.3, -0.25) is 4.79 Å². The molecule has 0 unspecified atom stereocenters. The first-order chi connectivity index (χ1) is 12.1. The number of para-hydroxylation sites is 1. The van der Waals surface area contributed by atoms with Crippen molar-refractivity contribution >= 4 is 45.0 Å². The number of ether oxygens (including phenoxy) is 2. The van der Waals surface area contributed by atoms with Gasteiger partial charge in [-0.25, -0.2) is 9.38 Å². The first-order valence-corrected chi connectivity index (χ1v) is 8.83. The number of fused-ring (bicyclic) bond motifs is 4. The number of imidazole rings is 1. The van der Waals surface area contributed by atoms with Gasteiger partial charge in [-0.1, -0.05) is 35.1 Å². The number of aromatic nitrogens is 2. The molecule has 5 rings (SSSR count). The molecule has 0 bridgehead atoms. The van der Waals surface area contributed by atoms with Gasteiger partial charge < -0.3 is 9.47 Å². The van der Waals surface area contributed by atoms with Crippen LogP contribution in [0.15, 0.2) is 35.1 Å². The van der Waals surface area contributed by atoms with Crippen molar-refractivity contribution in [3.8, 4) is 11.5 Å². The minimum absolute atomic E-state index is 0.0955. The monoisotopic (exact) mass is 370 g/mol. The van der Waals surface area contributed by atoms with E-state index in [1.54, 1.807) is 22.6 Å². The fraction of sp³-hybridized carbons (Fsp3) is 0.111. The molecular weight excluding hydrogens is 360 g/mol. The van der Waals surface area contributed by atoms with E-state index in [0.29, 0.717) is 31.6 Å². The van der Waals surface area contributed by atoms with Crippen LogP contribution in [-0.4, -0.2) is 16.2 Å². The van der Waals surface area contributed by atoms with Gasteiger partial charge in [-0.2, -0.15) is 0 Å². The zero-order valence-electron chi connectivity index (χ0n) is 13.1. The number of benzene rings is 2. The molecule has 0 atom stereocenters. The van der Waals surface area contributed by atoms with E-state index in [9.17, 15) is 4.79 Å². The number of nitrogens with zero attached hydrogens (tertiary/aromatic N) is 2. The molecule has 2 aromatic heterocycles. The van der Waals surface area contributed by atoms with Crippen LogP contribution in [0.5, 0.6) is 11.5 Å². The molecule has 4 aromatic rings. The lowest BCUT2D eigenvalue weighted by atomic mass is 10.2. The Labute approximate surface area is 150 Å². The number of thiazole rings is 1. The summed E-state index contributed by atoms with van der Waals surface area (Å²) in [4.78, 5) is 18.1. The molecular formula is C18H11ClN2O3S. The second-order valence-corrected chi connectivity index (χ2v) is 7.23. The quantitative estimate of drug-likeness (QED) is 0.516. The van der Waals surface area contributed by atoms with Crippen molar-refractivity contribution in [3.05, 3.63) is 61.4 Å². The van der Waals surface area contributed by atoms with E-state index < -0.39 is 0 Å². The Morgan fingerprint density at radius 2 is 2.08 bits per heavy atom. The molecule has 7 heteroatoms. The average molecular weight is 371 g/mol. The molecule has 0 saturated heterocycles. The predicted molar refractivity (Wildman–Crippen MR) is 97.9 cm³/mol. The van der Waals surface area contributed by atoms with Gasteiger partial charge >= 0.3 is 0 Å². The molecule has 0 radical (unpaired) electrons. The van der Waals surface area contributed by atoms with Gasteiger partial charge in [0.15, 0.2) is 16.5 Å². The lowest BCUT2D eigenvalue weighted by Crippen LogP contribution is -2.22. The zero-order valence-corrected chi connectivity index (χ0v) is 14.6. The highest BCUT2D eigenvalue weighted by Crippen LogP contribution is 2.37. The Bertz CT molecular complexity index is 1280. The lowest BCUT2D eigenvalue weighted by molar-refractivity contribution is 0.174. The van der Waals surface area contributed by atoms with E-state index in [0.717, 1.165) is 16.6 Å². The summed E-state index contributed by atoms with van der Waals surface area (Å²) < 4.78 is 12.9. The van der Waals surface area contributed by atoms with E-state index in [4.69, 9.17) is 21.1 Å². The molecule has 124 valence electrons. The highest BCUT2D eigenvalue weighted by atomic mass is 35.5. The molecule has 0 fully saturated rings. The van der Waals surface area contributed by atoms with Crippen molar-refractivity contribution < 1.29 is 9.47 Å². The molecule has 3 heterocycles. The molecule has 0 aliphatic carbocycles. The van der Waals surface area contributed by atoms with Crippen LogP contribution >= 0.6 is 22.9 Å². The number of hydrogen-bond donors (Lipinski definition) is 0. The summed E-state index contributed by atoms with van der Waals surface area (Å²) in [6.07, 6.45) is 1.77. The van der Waals surface area contributed by atoms with Crippen LogP contribution in [0.2, 0.25) is 5.02 Å². The van der Waals surface area contributed by atoms with Crippen molar-refractivity contribution in [3.63, 3.8) is 0 Å². The van der Waals surface area contributed by atoms with Gasteiger partial charge in [0.2, 0.25) is 6.79 Å². The van der Waals surface area contributed by atoms with Crippen molar-refractivity contribution in [1.82, 2.24) is 9.38 Å². The Morgan fingerprint density at radius 1 is 1.28 bits per heavy atom. The van der Waals surface area contributed by atoms with E-state index >= 15 is 0 Å². The van der Waals surface area contributed by atoms with E-state index in [2.05, 4.69) is 4.98 Å². The van der Waals surface area contributed by atoms with Crippen molar-refractivity contribution in [2.45, 2.75) is 6.92 Å². The molecule has 25 heavy (non-hydrogen) atoms. The standard InChI is InChI=1S/C18H11ClN2O3S/c1-9-3-2-4-12-16(9)20-18-21(12)17(22)15(25-18)6-10-5-13-14(7-11(10)19)24-8-23-13/h2-7H,8H2,1H3. The average Bonchev–Trinajstić information content (AvgIpc) is 3.25. The predicted octanol–water partition coefficient (Wildman–Crippen LogP) is 3.15. The first kappa shape index (κ1) is 14.7. The third kappa shape index (κ3) is 2.14. The Hall–Kier alpha value is -2.57. The number of rotatable bonds is 1. The first-order valence-electron chi connectivity index (χ1n) is 7.63. The molecule has 1 aliphatic heterocycles. The fourth-order valence-corrected chi connectivity index (χ4v) is 4.19. The van der Waals surface area contributed by atoms with Crippen LogP contribution in [0.3, 0.4) is 0 Å². The molecule has 1 aliphatic rings. The van der Waals surface area contributed by atoms with Crippen molar-refractivity contribution in [2.75, 3.05) is 6.79 Å². The minimum atomic E-state index is -0.0955. The third-order valence-electron chi connectivity index (χ3n) is 4.25. The Kier molecular flexibility index (Phi) is 3.07. The van der Waals surface area contributed by atoms with Crippen LogP contribution in [-0.2, 0) is 0 Å². The van der Waals surface area contributed by atoms with Gasteiger partial charge in [0.25, 0.3) is 5.56 Å². The summed E-state index contributed by atoms with van der Waals surface area (Å²) in [5, 5.41) is 0.510. The van der Waals surface area contributed by atoms with E-state index in [1.807, 2.05) is 25.1 Å². The highest BCUT2D eigenvalue weighted by molar-refractivity contribution is 7.15. The molecule has 2 aromatic carbocycles. The van der Waals surface area contributed by atoms with Gasteiger partial charge in [-0.15, -0.1) is 0 Å². The summed E-state index contributed by atoms with van der Waals surface area (Å²) in [6.45, 7) is 2.17. The highest BCUT2D eigenvalue weighted by Gasteiger charge is 2.17. The van der Waals surface area contributed by atoms with Gasteiger partial charge in [0.05, 0.1) is 20.6 Å². The summed E-state index contributed by atoms with van der Waals surface area (Å²) in [6, 6.07) is 9.32. The van der Waals surface area contributed by atoms with Crippen LogP contribution in [0.25, 0.3) is 22.1 Å². The van der Waals surface area contributed by atoms with Crippen molar-refractivity contribution in [2.24, 2.45) is 0 Å². The fourth-order valence-electron chi connectivity index (χ4n) is 3.01. The SMILES string of the molecule is Cc1cccc2c1nc1sc(=Cc3cc4c(cc3Cl)OCO4)c(=O)n12. The Balaban J connectivity index is 1.77. The van der Waals surface area contributed by atoms with Gasteiger partial charge in [0, 0.05) is 6.07 Å². The van der Waals surface area contributed by atoms with Crippen LogP contribution in [0.4, 0.5) is 0 Å². The van der Waals surface area contributed by atoms with Crippen LogP contribution in [0.1, 0.15) is 11.1 Å². The zero-order chi connectivity index (χ0) is 17.1. The van der Waals surface area contributed by atoms with Gasteiger partial charge in [0.1, 0.15) is 0 Å². The molecule has 0 N–H and O–H groups in total. The molecule has 0 saturated carbocycles. The largest absolute Gasteiger partial charge is 0.454 e. The van der Waals surface area contributed by atoms with Crippen LogP contribution in [0, 0.1) is 6.92 Å². The number of halogens is 1. The van der Waals surface area contributed by atoms with Gasteiger partial charge in [-0.05, 0) is 36.3 Å². The topological polar surface area (TPSA) is 52.8 Å². The molecule has 0 amide bonds. The molecule has 0 spiro atoms. The normalized spacial score (nSPS) is 14.1. The summed E-state index contributed by atoms with van der Waals surface area (Å²) in [5.41, 5.74) is 3.36. The second kappa shape index (κ2) is 5.21.